The molecule has 1 aromatic heterocycles. The van der Waals surface area contributed by atoms with Crippen LogP contribution in [0, 0.1) is 11.3 Å². The first kappa shape index (κ1) is 29.3. The van der Waals surface area contributed by atoms with Crippen LogP contribution in [-0.4, -0.2) is 76.9 Å². The van der Waals surface area contributed by atoms with Gasteiger partial charge in [0.2, 0.25) is 5.88 Å². The molecule has 4 heterocycles. The predicted molar refractivity (Wildman–Crippen MR) is 166 cm³/mol. The third kappa shape index (κ3) is 5.17. The number of nitrogens with two attached hydrogens (primary N) is 1. The Morgan fingerprint density at radius 2 is 1.67 bits per heavy atom. The van der Waals surface area contributed by atoms with E-state index < -0.39 is 14.4 Å². The van der Waals surface area contributed by atoms with Crippen molar-refractivity contribution >= 4 is 36.5 Å². The highest BCUT2D eigenvalue weighted by atomic mass is 35.5. The number of nitrogens with zero attached hydrogens (tertiary/aromatic N) is 3. The predicted octanol–water partition coefficient (Wildman–Crippen LogP) is 5.32. The number of benzene rings is 2. The van der Waals surface area contributed by atoms with E-state index in [0.717, 1.165) is 43.1 Å². The summed E-state index contributed by atoms with van der Waals surface area (Å²) in [5.41, 5.74) is 3.88. The number of hydrogen-bond acceptors (Lipinski definition) is 8. The maximum atomic E-state index is 10.2. The number of halogens is 1. The van der Waals surface area contributed by atoms with Crippen LogP contribution in [0.4, 0.5) is 5.69 Å². The first-order valence-electron chi connectivity index (χ1n) is 14.5. The minimum absolute atomic E-state index is 0.0761. The number of anilines is 1. The maximum Gasteiger partial charge on any atom is 0.232 e. The average molecular weight is 611 g/mol. The van der Waals surface area contributed by atoms with Gasteiger partial charge in [-0.3, -0.25) is 0 Å². The van der Waals surface area contributed by atoms with Gasteiger partial charge in [0.05, 0.1) is 43.1 Å². The van der Waals surface area contributed by atoms with E-state index in [2.05, 4.69) is 69.1 Å². The van der Waals surface area contributed by atoms with Crippen LogP contribution in [0.5, 0.6) is 5.88 Å². The van der Waals surface area contributed by atoms with Crippen molar-refractivity contribution < 1.29 is 23.4 Å². The quantitative estimate of drug-likeness (QED) is 0.295. The molecule has 3 saturated heterocycles. The van der Waals surface area contributed by atoms with E-state index >= 15 is 0 Å². The van der Waals surface area contributed by atoms with Gasteiger partial charge in [-0.2, -0.15) is 5.26 Å². The SMILES string of the molecule is CC(C)(C)[Si](C)(C)O[C@@H]1CO[C@H]2C1OC[C@H]2Oc1c(C#N)c2cc(-c3ccc(N4CCOCC4)cc3)c(Cl)cc2n1N. The van der Waals surface area contributed by atoms with Gasteiger partial charge in [-0.15, -0.1) is 0 Å². The molecule has 9 nitrogen and oxygen atoms in total. The van der Waals surface area contributed by atoms with Crippen LogP contribution in [0.1, 0.15) is 26.3 Å². The fourth-order valence-electron chi connectivity index (χ4n) is 5.76. The lowest BCUT2D eigenvalue weighted by Crippen LogP contribution is -2.47. The number of nitrogen functional groups attached to an aromatic ring is 1. The molecule has 3 aliphatic rings. The lowest BCUT2D eigenvalue weighted by molar-refractivity contribution is 0.0120. The second kappa shape index (κ2) is 11.0. The number of fused-ring (bicyclic) bond motifs is 2. The highest BCUT2D eigenvalue weighted by molar-refractivity contribution is 6.74. The molecule has 3 aliphatic heterocycles. The number of rotatable bonds is 6. The number of morpholine rings is 1. The largest absolute Gasteiger partial charge is 0.468 e. The van der Waals surface area contributed by atoms with E-state index in [1.807, 2.05) is 6.07 Å². The summed E-state index contributed by atoms with van der Waals surface area (Å²) in [6.07, 6.45) is -1.12. The van der Waals surface area contributed by atoms with Crippen LogP contribution in [0.3, 0.4) is 0 Å². The fourth-order valence-corrected chi connectivity index (χ4v) is 7.34. The van der Waals surface area contributed by atoms with Gasteiger partial charge in [0.15, 0.2) is 14.4 Å². The summed E-state index contributed by atoms with van der Waals surface area (Å²) in [6.45, 7) is 15.1. The molecule has 2 N–H and O–H groups in total. The van der Waals surface area contributed by atoms with Crippen LogP contribution in [0.25, 0.3) is 22.0 Å². The van der Waals surface area contributed by atoms with Crippen molar-refractivity contribution in [3.8, 4) is 23.1 Å². The zero-order chi connectivity index (χ0) is 29.8. The summed E-state index contributed by atoms with van der Waals surface area (Å²) >= 11 is 6.78. The molecule has 6 rings (SSSR count). The molecule has 3 fully saturated rings. The fraction of sp³-hybridized carbons (Fsp3) is 0.516. The Labute approximate surface area is 253 Å². The van der Waals surface area contributed by atoms with Crippen molar-refractivity contribution in [3.05, 3.63) is 47.0 Å². The van der Waals surface area contributed by atoms with E-state index in [4.69, 9.17) is 40.8 Å². The van der Waals surface area contributed by atoms with Gasteiger partial charge in [0.25, 0.3) is 0 Å². The van der Waals surface area contributed by atoms with E-state index in [9.17, 15) is 5.26 Å². The first-order valence-corrected chi connectivity index (χ1v) is 17.8. The van der Waals surface area contributed by atoms with Gasteiger partial charge >= 0.3 is 0 Å². The molecule has 0 spiro atoms. The Morgan fingerprint density at radius 1 is 1.02 bits per heavy atom. The van der Waals surface area contributed by atoms with Gasteiger partial charge in [0, 0.05) is 29.7 Å². The molecular weight excluding hydrogens is 572 g/mol. The molecule has 0 saturated carbocycles. The Morgan fingerprint density at radius 3 is 2.31 bits per heavy atom. The molecule has 2 aromatic carbocycles. The molecule has 1 unspecified atom stereocenters. The molecule has 224 valence electrons. The standard InChI is InChI=1S/C31H39ClN4O5Si/c1-31(2,3)42(4,5)41-27-18-39-28-26(17-38-29(27)28)40-30-23(16-33)22-14-21(24(32)15-25(22)36(30)34)19-6-8-20(9-7-19)35-10-12-37-13-11-35/h6-9,14-15,26-29H,10-13,17-18,34H2,1-5H3/t26-,27-,28-,29?/m1/s1. The van der Waals surface area contributed by atoms with Crippen molar-refractivity contribution in [2.45, 2.75) is 63.3 Å². The molecule has 0 aliphatic carbocycles. The van der Waals surface area contributed by atoms with E-state index in [1.165, 1.54) is 4.68 Å². The van der Waals surface area contributed by atoms with Gasteiger partial charge in [-0.1, -0.05) is 44.5 Å². The summed E-state index contributed by atoms with van der Waals surface area (Å²) in [4.78, 5) is 2.30. The normalized spacial score (nSPS) is 24.6. The lowest BCUT2D eigenvalue weighted by Gasteiger charge is -2.39. The Kier molecular flexibility index (Phi) is 7.71. The smallest absolute Gasteiger partial charge is 0.232 e. The maximum absolute atomic E-state index is 10.2. The molecule has 0 radical (unpaired) electrons. The molecule has 0 amide bonds. The molecule has 3 aromatic rings. The van der Waals surface area contributed by atoms with Crippen LogP contribution < -0.4 is 15.5 Å². The van der Waals surface area contributed by atoms with Gasteiger partial charge in [-0.05, 0) is 48.0 Å². The Balaban J connectivity index is 1.25. The van der Waals surface area contributed by atoms with Crippen molar-refractivity contribution in [1.29, 1.82) is 5.26 Å². The van der Waals surface area contributed by atoms with Gasteiger partial charge in [0.1, 0.15) is 23.8 Å². The topological polar surface area (TPSA) is 104 Å². The minimum Gasteiger partial charge on any atom is -0.468 e. The zero-order valence-electron chi connectivity index (χ0n) is 24.9. The third-order valence-corrected chi connectivity index (χ3v) is 14.0. The Hall–Kier alpha value is -2.78. The number of hydrogen-bond donors (Lipinski definition) is 1. The summed E-state index contributed by atoms with van der Waals surface area (Å²) in [5.74, 6) is 6.79. The third-order valence-electron chi connectivity index (χ3n) is 9.19. The second-order valence-corrected chi connectivity index (χ2v) is 18.0. The summed E-state index contributed by atoms with van der Waals surface area (Å²) < 4.78 is 32.2. The summed E-state index contributed by atoms with van der Waals surface area (Å²) in [7, 11) is -2.01. The van der Waals surface area contributed by atoms with Crippen molar-refractivity contribution in [2.24, 2.45) is 0 Å². The van der Waals surface area contributed by atoms with E-state index in [-0.39, 0.29) is 29.2 Å². The van der Waals surface area contributed by atoms with Crippen molar-refractivity contribution in [2.75, 3.05) is 50.3 Å². The molecule has 11 heteroatoms. The number of nitriles is 1. The summed E-state index contributed by atoms with van der Waals surface area (Å²) in [6, 6.07) is 14.3. The van der Waals surface area contributed by atoms with E-state index in [1.54, 1.807) is 6.07 Å². The van der Waals surface area contributed by atoms with Crippen LogP contribution in [-0.2, 0) is 18.6 Å². The highest BCUT2D eigenvalue weighted by Gasteiger charge is 2.52. The molecule has 0 bridgehead atoms. The first-order chi connectivity index (χ1) is 20.0. The highest BCUT2D eigenvalue weighted by Crippen LogP contribution is 2.42. The number of aromatic nitrogens is 1. The van der Waals surface area contributed by atoms with E-state index in [0.29, 0.717) is 34.7 Å². The van der Waals surface area contributed by atoms with Crippen molar-refractivity contribution in [3.63, 3.8) is 0 Å². The monoisotopic (exact) mass is 610 g/mol. The summed E-state index contributed by atoms with van der Waals surface area (Å²) in [5, 5.41) is 11.5. The van der Waals surface area contributed by atoms with Crippen LogP contribution in [0.15, 0.2) is 36.4 Å². The molecular formula is C31H39ClN4O5Si. The lowest BCUT2D eigenvalue weighted by atomic mass is 10.0. The Bertz CT molecular complexity index is 1510. The van der Waals surface area contributed by atoms with Crippen LogP contribution >= 0.6 is 11.6 Å². The second-order valence-electron chi connectivity index (χ2n) is 12.8. The molecule has 4 atom stereocenters. The van der Waals surface area contributed by atoms with Crippen molar-refractivity contribution in [1.82, 2.24) is 4.68 Å². The molecule has 42 heavy (non-hydrogen) atoms. The number of ether oxygens (including phenoxy) is 4. The zero-order valence-corrected chi connectivity index (χ0v) is 26.6. The van der Waals surface area contributed by atoms with Gasteiger partial charge < -0.3 is 34.1 Å². The average Bonchev–Trinajstić information content (AvgIpc) is 3.62. The van der Waals surface area contributed by atoms with Crippen LogP contribution in [0.2, 0.25) is 23.2 Å². The van der Waals surface area contributed by atoms with Gasteiger partial charge in [-0.25, -0.2) is 4.68 Å². The minimum atomic E-state index is -2.01.